The van der Waals surface area contributed by atoms with E-state index < -0.39 is 53.4 Å². The van der Waals surface area contributed by atoms with Gasteiger partial charge in [0.05, 0.1) is 22.9 Å². The Morgan fingerprint density at radius 1 is 1.10 bits per heavy atom. The van der Waals surface area contributed by atoms with E-state index >= 15 is 0 Å². The van der Waals surface area contributed by atoms with Gasteiger partial charge in [0.2, 0.25) is 0 Å². The maximum absolute atomic E-state index is 13.2. The molecule has 1 amide bonds. The first-order valence-corrected chi connectivity index (χ1v) is 8.36. The Morgan fingerprint density at radius 2 is 1.71 bits per heavy atom. The Morgan fingerprint density at radius 3 is 2.26 bits per heavy atom. The molecule has 0 aliphatic rings. The zero-order valence-corrected chi connectivity index (χ0v) is 15.6. The Bertz CT molecular complexity index is 996. The number of nitrogens with one attached hydrogen (secondary N) is 1. The topological polar surface area (TPSA) is 91.6 Å². The summed E-state index contributed by atoms with van der Waals surface area (Å²) in [6, 6.07) is 8.47. The Balaban J connectivity index is 2.18. The van der Waals surface area contributed by atoms with Gasteiger partial charge in [-0.3, -0.25) is 4.79 Å². The maximum Gasteiger partial charge on any atom is 0.573 e. The van der Waals surface area contributed by atoms with Crippen molar-refractivity contribution in [3.05, 3.63) is 53.6 Å². The van der Waals surface area contributed by atoms with E-state index in [-0.39, 0.29) is 5.56 Å². The second-order valence-electron chi connectivity index (χ2n) is 6.38. The van der Waals surface area contributed by atoms with Crippen LogP contribution in [-0.2, 0) is 11.0 Å². The largest absolute Gasteiger partial charge is 0.573 e. The molecule has 2 rings (SSSR count). The summed E-state index contributed by atoms with van der Waals surface area (Å²) in [6.45, 7) is -0.0127. The number of carbonyl (C=O) groups excluding carboxylic acids is 1. The summed E-state index contributed by atoms with van der Waals surface area (Å²) in [5.41, 5.74) is -4.79. The molecule has 1 atom stereocenters. The molecule has 0 bridgehead atoms. The lowest BCUT2D eigenvalue weighted by Gasteiger charge is -2.24. The first-order chi connectivity index (χ1) is 14.2. The van der Waals surface area contributed by atoms with Gasteiger partial charge in [-0.15, -0.1) is 13.2 Å². The number of para-hydroxylation sites is 2. The minimum absolute atomic E-state index is 0.304. The number of benzene rings is 2. The molecular weight excluding hydrogens is 434 g/mol. The van der Waals surface area contributed by atoms with Gasteiger partial charge in [-0.2, -0.15) is 18.4 Å². The summed E-state index contributed by atoms with van der Waals surface area (Å²) in [5, 5.41) is 20.9. The number of carbonyl (C=O) groups is 1. The van der Waals surface area contributed by atoms with E-state index in [1.807, 2.05) is 5.32 Å². The predicted octanol–water partition coefficient (Wildman–Crippen LogP) is 4.24. The van der Waals surface area contributed by atoms with Crippen LogP contribution in [-0.4, -0.2) is 29.6 Å². The van der Waals surface area contributed by atoms with Crippen molar-refractivity contribution in [1.82, 2.24) is 0 Å². The van der Waals surface area contributed by atoms with Crippen LogP contribution in [0.1, 0.15) is 18.1 Å². The number of aliphatic hydroxyl groups is 1. The molecule has 12 heteroatoms. The van der Waals surface area contributed by atoms with Crippen LogP contribution in [0.2, 0.25) is 0 Å². The molecule has 0 aliphatic heterocycles. The number of ether oxygens (including phenoxy) is 2. The molecule has 0 fully saturated rings. The highest BCUT2D eigenvalue weighted by Gasteiger charge is 2.38. The molecule has 6 nitrogen and oxygen atoms in total. The van der Waals surface area contributed by atoms with Crippen LogP contribution in [0.25, 0.3) is 0 Å². The van der Waals surface area contributed by atoms with Gasteiger partial charge in [-0.1, -0.05) is 12.1 Å². The number of nitriles is 1. The number of amides is 1. The number of rotatable bonds is 6. The smallest absolute Gasteiger partial charge is 0.486 e. The summed E-state index contributed by atoms with van der Waals surface area (Å²) in [5.74, 6) is -2.52. The van der Waals surface area contributed by atoms with Crippen molar-refractivity contribution >= 4 is 11.6 Å². The van der Waals surface area contributed by atoms with E-state index in [0.29, 0.717) is 6.07 Å². The minimum atomic E-state index is -5.02. The summed E-state index contributed by atoms with van der Waals surface area (Å²) in [7, 11) is 0. The highest BCUT2D eigenvalue weighted by molar-refractivity contribution is 5.97. The van der Waals surface area contributed by atoms with E-state index in [1.165, 1.54) is 18.2 Å². The van der Waals surface area contributed by atoms with Crippen molar-refractivity contribution in [2.45, 2.75) is 25.1 Å². The summed E-state index contributed by atoms with van der Waals surface area (Å²) < 4.78 is 85.8. The lowest BCUT2D eigenvalue weighted by molar-refractivity contribution is -0.275. The summed E-state index contributed by atoms with van der Waals surface area (Å²) >= 11 is 0. The van der Waals surface area contributed by atoms with Crippen molar-refractivity contribution in [3.8, 4) is 17.6 Å². The Labute approximate surface area is 171 Å². The van der Waals surface area contributed by atoms with Crippen LogP contribution in [0.4, 0.5) is 32.0 Å². The highest BCUT2D eigenvalue weighted by Crippen LogP contribution is 2.36. The van der Waals surface area contributed by atoms with Gasteiger partial charge in [-0.05, 0) is 37.3 Å². The second kappa shape index (κ2) is 8.73. The third kappa shape index (κ3) is 6.51. The van der Waals surface area contributed by atoms with Crippen molar-refractivity contribution in [2.24, 2.45) is 0 Å². The standard InChI is InChI=1S/C19H14F6N2O4/c1-17(29,10-30-14-4-2-3-5-15(14)31-19(23,24)25)16(28)27-13-7-6-11(9-26)8-12(13)18(20,21)22/h2-8,29H,10H2,1H3,(H,27,28). The van der Waals surface area contributed by atoms with Crippen LogP contribution in [0.3, 0.4) is 0 Å². The van der Waals surface area contributed by atoms with Gasteiger partial charge in [0, 0.05) is 0 Å². The fourth-order valence-corrected chi connectivity index (χ4v) is 2.28. The number of alkyl halides is 6. The molecule has 1 unspecified atom stereocenters. The fourth-order valence-electron chi connectivity index (χ4n) is 2.28. The van der Waals surface area contributed by atoms with Crippen molar-refractivity contribution in [3.63, 3.8) is 0 Å². The Hall–Kier alpha value is -3.46. The van der Waals surface area contributed by atoms with Crippen molar-refractivity contribution < 1.29 is 45.7 Å². The molecule has 2 N–H and O–H groups in total. The molecule has 166 valence electrons. The van der Waals surface area contributed by atoms with Crippen LogP contribution in [0, 0.1) is 11.3 Å². The van der Waals surface area contributed by atoms with Crippen LogP contribution < -0.4 is 14.8 Å². The molecule has 2 aromatic carbocycles. The predicted molar refractivity (Wildman–Crippen MR) is 94.0 cm³/mol. The zero-order chi connectivity index (χ0) is 23.4. The average molecular weight is 448 g/mol. The normalized spacial score (nSPS) is 13.6. The monoisotopic (exact) mass is 448 g/mol. The van der Waals surface area contributed by atoms with E-state index in [9.17, 15) is 36.2 Å². The Kier molecular flexibility index (Phi) is 6.70. The third-order valence-corrected chi connectivity index (χ3v) is 3.78. The molecule has 0 saturated carbocycles. The number of hydrogen-bond donors (Lipinski definition) is 2. The van der Waals surface area contributed by atoms with Gasteiger partial charge < -0.3 is 19.9 Å². The van der Waals surface area contributed by atoms with Crippen LogP contribution in [0.15, 0.2) is 42.5 Å². The van der Waals surface area contributed by atoms with Gasteiger partial charge in [0.1, 0.15) is 6.61 Å². The SMILES string of the molecule is CC(O)(COc1ccccc1OC(F)(F)F)C(=O)Nc1ccc(C#N)cc1C(F)(F)F. The highest BCUT2D eigenvalue weighted by atomic mass is 19.4. The van der Waals surface area contributed by atoms with Gasteiger partial charge in [0.25, 0.3) is 5.91 Å². The summed E-state index contributed by atoms with van der Waals surface area (Å²) in [6.07, 6.45) is -9.94. The van der Waals surface area contributed by atoms with E-state index in [0.717, 1.165) is 31.2 Å². The van der Waals surface area contributed by atoms with Crippen molar-refractivity contribution in [2.75, 3.05) is 11.9 Å². The maximum atomic E-state index is 13.2. The summed E-state index contributed by atoms with van der Waals surface area (Å²) in [4.78, 5) is 12.3. The van der Waals surface area contributed by atoms with E-state index in [4.69, 9.17) is 10.00 Å². The number of nitrogens with zero attached hydrogens (tertiary/aromatic N) is 1. The molecular formula is C19H14F6N2O4. The molecule has 2 aromatic rings. The van der Waals surface area contributed by atoms with Crippen LogP contribution in [0.5, 0.6) is 11.5 Å². The van der Waals surface area contributed by atoms with Gasteiger partial charge in [0.15, 0.2) is 17.1 Å². The lowest BCUT2D eigenvalue weighted by atomic mass is 10.1. The molecule has 0 radical (unpaired) electrons. The lowest BCUT2D eigenvalue weighted by Crippen LogP contribution is -2.45. The quantitative estimate of drug-likeness (QED) is 0.645. The number of halogens is 6. The third-order valence-electron chi connectivity index (χ3n) is 3.78. The number of anilines is 1. The molecule has 0 spiro atoms. The zero-order valence-electron chi connectivity index (χ0n) is 15.6. The van der Waals surface area contributed by atoms with Gasteiger partial charge in [-0.25, -0.2) is 0 Å². The van der Waals surface area contributed by atoms with Crippen molar-refractivity contribution in [1.29, 1.82) is 5.26 Å². The fraction of sp³-hybridized carbons (Fsp3) is 0.263. The van der Waals surface area contributed by atoms with E-state index in [1.54, 1.807) is 0 Å². The molecule has 0 heterocycles. The molecule has 0 aromatic heterocycles. The average Bonchev–Trinajstić information content (AvgIpc) is 2.65. The second-order valence-corrected chi connectivity index (χ2v) is 6.38. The minimum Gasteiger partial charge on any atom is -0.486 e. The molecule has 0 saturated heterocycles. The first-order valence-electron chi connectivity index (χ1n) is 8.36. The molecule has 31 heavy (non-hydrogen) atoms. The number of hydrogen-bond acceptors (Lipinski definition) is 5. The molecule has 0 aliphatic carbocycles. The first kappa shape index (κ1) is 23.8. The van der Waals surface area contributed by atoms with Gasteiger partial charge >= 0.3 is 12.5 Å². The van der Waals surface area contributed by atoms with E-state index in [2.05, 4.69) is 4.74 Å². The van der Waals surface area contributed by atoms with Crippen LogP contribution >= 0.6 is 0 Å².